The summed E-state index contributed by atoms with van der Waals surface area (Å²) in [6.07, 6.45) is 0.649. The van der Waals surface area contributed by atoms with Gasteiger partial charge in [0.2, 0.25) is 5.76 Å². The van der Waals surface area contributed by atoms with Gasteiger partial charge in [-0.1, -0.05) is 35.5 Å². The van der Waals surface area contributed by atoms with Crippen molar-refractivity contribution in [1.29, 1.82) is 0 Å². The van der Waals surface area contributed by atoms with E-state index < -0.39 is 0 Å². The number of nitrogens with zero attached hydrogens (tertiary/aromatic N) is 1. The minimum Gasteiger partial charge on any atom is -0.489 e. The Bertz CT molecular complexity index is 704. The summed E-state index contributed by atoms with van der Waals surface area (Å²) in [6.45, 7) is 0.480. The van der Waals surface area contributed by atoms with Gasteiger partial charge in [0.25, 0.3) is 0 Å². The molecule has 0 aliphatic rings. The fourth-order valence-electron chi connectivity index (χ4n) is 1.86. The van der Waals surface area contributed by atoms with Crippen molar-refractivity contribution < 1.29 is 14.1 Å². The Hall–Kier alpha value is -2.62. The molecule has 3 rings (SSSR count). The van der Waals surface area contributed by atoms with Crippen molar-refractivity contribution in [3.63, 3.8) is 0 Å². The average Bonchev–Trinajstić information content (AvgIpc) is 2.88. The zero-order valence-corrected chi connectivity index (χ0v) is 10.1. The van der Waals surface area contributed by atoms with E-state index >= 15 is 0 Å². The van der Waals surface area contributed by atoms with Crippen LogP contribution in [0.3, 0.4) is 0 Å². The van der Waals surface area contributed by atoms with E-state index in [9.17, 15) is 4.79 Å². The standard InChI is InChI=1S/C15H11NO3/c17-9-15-13-8-12(6-7-14(13)16-19-15)18-10-11-4-2-1-3-5-11/h1-9H,10H2. The third-order valence-electron chi connectivity index (χ3n) is 2.83. The van der Waals surface area contributed by atoms with Crippen LogP contribution in [0.2, 0.25) is 0 Å². The maximum atomic E-state index is 10.8. The van der Waals surface area contributed by atoms with Crippen LogP contribution in [0, 0.1) is 0 Å². The van der Waals surface area contributed by atoms with Gasteiger partial charge in [-0.3, -0.25) is 4.79 Å². The predicted molar refractivity (Wildman–Crippen MR) is 70.2 cm³/mol. The minimum atomic E-state index is 0.222. The summed E-state index contributed by atoms with van der Waals surface area (Å²) in [5, 5.41) is 4.45. The quantitative estimate of drug-likeness (QED) is 0.670. The molecule has 2 aromatic carbocycles. The highest BCUT2D eigenvalue weighted by Crippen LogP contribution is 2.23. The van der Waals surface area contributed by atoms with E-state index in [0.29, 0.717) is 29.5 Å². The number of carbonyl (C=O) groups is 1. The van der Waals surface area contributed by atoms with Gasteiger partial charge in [0.05, 0.1) is 5.39 Å². The first-order chi connectivity index (χ1) is 9.36. The molecule has 4 heteroatoms. The molecule has 0 saturated heterocycles. The number of aromatic nitrogens is 1. The van der Waals surface area contributed by atoms with Crippen LogP contribution in [-0.2, 0) is 6.61 Å². The molecule has 0 aliphatic heterocycles. The highest BCUT2D eigenvalue weighted by Gasteiger charge is 2.08. The Balaban J connectivity index is 1.83. The number of hydrogen-bond donors (Lipinski definition) is 0. The second-order valence-electron chi connectivity index (χ2n) is 4.12. The van der Waals surface area contributed by atoms with E-state index in [1.54, 1.807) is 12.1 Å². The van der Waals surface area contributed by atoms with Crippen LogP contribution in [-0.4, -0.2) is 11.4 Å². The zero-order chi connectivity index (χ0) is 13.1. The maximum Gasteiger partial charge on any atom is 0.207 e. The van der Waals surface area contributed by atoms with E-state index in [1.165, 1.54) is 0 Å². The van der Waals surface area contributed by atoms with Gasteiger partial charge >= 0.3 is 0 Å². The molecule has 0 bridgehead atoms. The molecule has 0 amide bonds. The van der Waals surface area contributed by atoms with Crippen LogP contribution in [0.5, 0.6) is 5.75 Å². The van der Waals surface area contributed by atoms with Crippen molar-refractivity contribution in [3.8, 4) is 5.75 Å². The summed E-state index contributed by atoms with van der Waals surface area (Å²) in [7, 11) is 0. The van der Waals surface area contributed by atoms with E-state index in [2.05, 4.69) is 5.16 Å². The normalized spacial score (nSPS) is 10.5. The molecule has 0 radical (unpaired) electrons. The van der Waals surface area contributed by atoms with Gasteiger partial charge in [0.1, 0.15) is 17.9 Å². The van der Waals surface area contributed by atoms with Gasteiger partial charge in [-0.2, -0.15) is 0 Å². The monoisotopic (exact) mass is 253 g/mol. The van der Waals surface area contributed by atoms with Gasteiger partial charge in [-0.15, -0.1) is 0 Å². The lowest BCUT2D eigenvalue weighted by atomic mass is 10.2. The molecule has 19 heavy (non-hydrogen) atoms. The van der Waals surface area contributed by atoms with Gasteiger partial charge in [0.15, 0.2) is 6.29 Å². The van der Waals surface area contributed by atoms with Crippen molar-refractivity contribution in [2.24, 2.45) is 0 Å². The van der Waals surface area contributed by atoms with Crippen LogP contribution < -0.4 is 4.74 Å². The first-order valence-corrected chi connectivity index (χ1v) is 5.88. The number of aldehydes is 1. The maximum absolute atomic E-state index is 10.8. The molecule has 1 heterocycles. The van der Waals surface area contributed by atoms with Crippen LogP contribution in [0.4, 0.5) is 0 Å². The summed E-state index contributed by atoms with van der Waals surface area (Å²) < 4.78 is 10.6. The van der Waals surface area contributed by atoms with Crippen LogP contribution in [0.1, 0.15) is 16.1 Å². The summed E-state index contributed by atoms with van der Waals surface area (Å²) >= 11 is 0. The molecule has 0 spiro atoms. The van der Waals surface area contributed by atoms with E-state index in [4.69, 9.17) is 9.26 Å². The molecule has 94 valence electrons. The molecule has 0 fully saturated rings. The van der Waals surface area contributed by atoms with Crippen molar-refractivity contribution in [2.45, 2.75) is 6.61 Å². The smallest absolute Gasteiger partial charge is 0.207 e. The number of hydrogen-bond acceptors (Lipinski definition) is 4. The number of fused-ring (bicyclic) bond motifs is 1. The van der Waals surface area contributed by atoms with Gasteiger partial charge in [-0.25, -0.2) is 0 Å². The topological polar surface area (TPSA) is 52.3 Å². The number of carbonyl (C=O) groups excluding carboxylic acids is 1. The molecule has 0 unspecified atom stereocenters. The minimum absolute atomic E-state index is 0.222. The molecule has 0 aliphatic carbocycles. The van der Waals surface area contributed by atoms with E-state index in [1.807, 2.05) is 36.4 Å². The molecule has 3 aromatic rings. The molecule has 0 N–H and O–H groups in total. The molecule has 4 nitrogen and oxygen atoms in total. The first-order valence-electron chi connectivity index (χ1n) is 5.88. The Morgan fingerprint density at radius 3 is 2.79 bits per heavy atom. The lowest BCUT2D eigenvalue weighted by Gasteiger charge is -2.05. The van der Waals surface area contributed by atoms with Crippen LogP contribution in [0.25, 0.3) is 10.9 Å². The Kier molecular flexibility index (Phi) is 2.98. The average molecular weight is 253 g/mol. The van der Waals surface area contributed by atoms with Crippen molar-refractivity contribution >= 4 is 17.2 Å². The molecule has 0 atom stereocenters. The number of ether oxygens (including phenoxy) is 1. The third-order valence-corrected chi connectivity index (χ3v) is 2.83. The summed E-state index contributed by atoms with van der Waals surface area (Å²) in [5.74, 6) is 0.905. The third kappa shape index (κ3) is 2.33. The predicted octanol–water partition coefficient (Wildman–Crippen LogP) is 3.22. The highest BCUT2D eigenvalue weighted by atomic mass is 16.5. The molecular weight excluding hydrogens is 242 g/mol. The second kappa shape index (κ2) is 4.94. The van der Waals surface area contributed by atoms with Crippen LogP contribution in [0.15, 0.2) is 53.1 Å². The van der Waals surface area contributed by atoms with E-state index in [-0.39, 0.29) is 5.76 Å². The number of rotatable bonds is 4. The molecular formula is C15H11NO3. The zero-order valence-electron chi connectivity index (χ0n) is 10.1. The summed E-state index contributed by atoms with van der Waals surface area (Å²) in [4.78, 5) is 10.8. The highest BCUT2D eigenvalue weighted by molar-refractivity contribution is 5.94. The Morgan fingerprint density at radius 2 is 2.00 bits per heavy atom. The summed E-state index contributed by atoms with van der Waals surface area (Å²) in [5.41, 5.74) is 1.73. The first kappa shape index (κ1) is 11.5. The Morgan fingerprint density at radius 1 is 1.16 bits per heavy atom. The fourth-order valence-corrected chi connectivity index (χ4v) is 1.86. The second-order valence-corrected chi connectivity index (χ2v) is 4.12. The fraction of sp³-hybridized carbons (Fsp3) is 0.0667. The Labute approximate surface area is 109 Å². The van der Waals surface area contributed by atoms with Gasteiger partial charge in [-0.05, 0) is 23.8 Å². The lowest BCUT2D eigenvalue weighted by Crippen LogP contribution is -1.94. The van der Waals surface area contributed by atoms with E-state index in [0.717, 1.165) is 5.56 Å². The van der Waals surface area contributed by atoms with Crippen LogP contribution >= 0.6 is 0 Å². The number of benzene rings is 2. The lowest BCUT2D eigenvalue weighted by molar-refractivity contribution is 0.109. The SMILES string of the molecule is O=Cc1onc2ccc(OCc3ccccc3)cc12. The van der Waals surface area contributed by atoms with Gasteiger partial charge in [0, 0.05) is 0 Å². The van der Waals surface area contributed by atoms with Crippen molar-refractivity contribution in [1.82, 2.24) is 5.16 Å². The van der Waals surface area contributed by atoms with Crippen molar-refractivity contribution in [3.05, 3.63) is 59.9 Å². The molecule has 1 aromatic heterocycles. The summed E-state index contributed by atoms with van der Waals surface area (Å²) in [6, 6.07) is 15.2. The van der Waals surface area contributed by atoms with Crippen molar-refractivity contribution in [2.75, 3.05) is 0 Å². The largest absolute Gasteiger partial charge is 0.489 e. The molecule has 0 saturated carbocycles. The van der Waals surface area contributed by atoms with Gasteiger partial charge < -0.3 is 9.26 Å².